The Morgan fingerprint density at radius 2 is 2.16 bits per heavy atom. The van der Waals surface area contributed by atoms with Crippen molar-refractivity contribution in [2.75, 3.05) is 7.11 Å². The summed E-state index contributed by atoms with van der Waals surface area (Å²) in [7, 11) is 1.57. The molecule has 98 valence electrons. The van der Waals surface area contributed by atoms with Gasteiger partial charge in [0.1, 0.15) is 5.82 Å². The van der Waals surface area contributed by atoms with Crippen molar-refractivity contribution < 1.29 is 4.74 Å². The zero-order valence-electron chi connectivity index (χ0n) is 10.9. The molecule has 0 atom stereocenters. The van der Waals surface area contributed by atoms with Crippen LogP contribution >= 0.6 is 0 Å². The molecule has 5 heteroatoms. The summed E-state index contributed by atoms with van der Waals surface area (Å²) in [6.07, 6.45) is 3.89. The van der Waals surface area contributed by atoms with Gasteiger partial charge in [0.2, 0.25) is 5.88 Å². The molecule has 1 N–H and O–H groups in total. The number of aromatic amines is 1. The molecule has 0 amide bonds. The smallest absolute Gasteiger partial charge is 0.254 e. The summed E-state index contributed by atoms with van der Waals surface area (Å²) in [5, 5.41) is 0. The van der Waals surface area contributed by atoms with E-state index in [0.29, 0.717) is 23.1 Å². The molecule has 0 unspecified atom stereocenters. The first kappa shape index (κ1) is 11.9. The largest absolute Gasteiger partial charge is 0.481 e. The van der Waals surface area contributed by atoms with E-state index in [1.54, 1.807) is 26.3 Å². The van der Waals surface area contributed by atoms with Crippen LogP contribution in [0.15, 0.2) is 23.1 Å². The molecular formula is C14H15N3O2. The predicted molar refractivity (Wildman–Crippen MR) is 71.4 cm³/mol. The number of nitrogens with one attached hydrogen (secondary N) is 1. The maximum Gasteiger partial charge on any atom is 0.254 e. The zero-order valence-corrected chi connectivity index (χ0v) is 10.9. The van der Waals surface area contributed by atoms with Crippen LogP contribution in [0.4, 0.5) is 0 Å². The fourth-order valence-electron chi connectivity index (χ4n) is 2.02. The maximum atomic E-state index is 11.9. The van der Waals surface area contributed by atoms with Crippen molar-refractivity contribution in [1.29, 1.82) is 0 Å². The Kier molecular flexibility index (Phi) is 2.81. The molecule has 1 aliphatic rings. The van der Waals surface area contributed by atoms with Crippen molar-refractivity contribution in [3.8, 4) is 17.1 Å². The lowest BCUT2D eigenvalue weighted by Gasteiger charge is -2.07. The average Bonchev–Trinajstić information content (AvgIpc) is 3.26. The van der Waals surface area contributed by atoms with Crippen molar-refractivity contribution >= 4 is 0 Å². The molecule has 0 aliphatic heterocycles. The molecule has 0 radical (unpaired) electrons. The van der Waals surface area contributed by atoms with Crippen molar-refractivity contribution in [1.82, 2.24) is 15.0 Å². The second kappa shape index (κ2) is 4.50. The summed E-state index contributed by atoms with van der Waals surface area (Å²) in [6.45, 7) is 1.78. The third-order valence-electron chi connectivity index (χ3n) is 3.35. The number of hydrogen-bond acceptors (Lipinski definition) is 4. The molecule has 0 aromatic carbocycles. The zero-order chi connectivity index (χ0) is 13.4. The van der Waals surface area contributed by atoms with Crippen LogP contribution in [0, 0.1) is 6.92 Å². The highest BCUT2D eigenvalue weighted by atomic mass is 16.5. The first-order chi connectivity index (χ1) is 9.19. The first-order valence-electron chi connectivity index (χ1n) is 6.30. The fraction of sp³-hybridized carbons (Fsp3) is 0.357. The molecule has 3 rings (SSSR count). The van der Waals surface area contributed by atoms with E-state index < -0.39 is 0 Å². The van der Waals surface area contributed by atoms with Gasteiger partial charge >= 0.3 is 0 Å². The van der Waals surface area contributed by atoms with Gasteiger partial charge in [0.05, 0.1) is 12.8 Å². The van der Waals surface area contributed by atoms with Crippen LogP contribution in [0.2, 0.25) is 0 Å². The number of pyridine rings is 1. The minimum atomic E-state index is -0.0669. The van der Waals surface area contributed by atoms with Crippen molar-refractivity contribution in [2.45, 2.75) is 25.7 Å². The standard InChI is InChI=1S/C14H15N3O2/c1-8-12(10-5-6-11(19-2)15-7-10)16-13(9-3-4-9)17-14(8)18/h5-7,9H,3-4H2,1-2H3,(H,16,17,18). The van der Waals surface area contributed by atoms with Crippen LogP contribution < -0.4 is 10.3 Å². The molecule has 2 aromatic heterocycles. The number of methoxy groups -OCH3 is 1. The van der Waals surface area contributed by atoms with Crippen LogP contribution in [0.25, 0.3) is 11.3 Å². The van der Waals surface area contributed by atoms with Gasteiger partial charge in [-0.15, -0.1) is 0 Å². The van der Waals surface area contributed by atoms with E-state index >= 15 is 0 Å². The third kappa shape index (κ3) is 2.23. The van der Waals surface area contributed by atoms with Crippen LogP contribution in [-0.2, 0) is 0 Å². The molecule has 2 heterocycles. The Morgan fingerprint density at radius 3 is 2.74 bits per heavy atom. The molecule has 1 saturated carbocycles. The average molecular weight is 257 g/mol. The molecule has 5 nitrogen and oxygen atoms in total. The Balaban J connectivity index is 2.09. The van der Waals surface area contributed by atoms with Crippen LogP contribution in [0.5, 0.6) is 5.88 Å². The second-order valence-corrected chi connectivity index (χ2v) is 4.79. The molecule has 19 heavy (non-hydrogen) atoms. The Labute approximate surface area is 110 Å². The molecular weight excluding hydrogens is 242 g/mol. The van der Waals surface area contributed by atoms with E-state index in [1.807, 2.05) is 6.07 Å². The highest BCUT2D eigenvalue weighted by Gasteiger charge is 2.27. The topological polar surface area (TPSA) is 67.9 Å². The Morgan fingerprint density at radius 1 is 1.37 bits per heavy atom. The summed E-state index contributed by atoms with van der Waals surface area (Å²) in [4.78, 5) is 23.6. The van der Waals surface area contributed by atoms with Gasteiger partial charge in [0.25, 0.3) is 5.56 Å². The highest BCUT2D eigenvalue weighted by Crippen LogP contribution is 2.38. The van der Waals surface area contributed by atoms with Crippen LogP contribution in [0.3, 0.4) is 0 Å². The van der Waals surface area contributed by atoms with Crippen LogP contribution in [0.1, 0.15) is 30.1 Å². The molecule has 2 aromatic rings. The Bertz CT molecular complexity index is 657. The minimum Gasteiger partial charge on any atom is -0.481 e. The quantitative estimate of drug-likeness (QED) is 0.913. The number of nitrogens with zero attached hydrogens (tertiary/aromatic N) is 2. The van der Waals surface area contributed by atoms with Gasteiger partial charge in [-0.2, -0.15) is 0 Å². The molecule has 0 spiro atoms. The van der Waals surface area contributed by atoms with E-state index in [2.05, 4.69) is 15.0 Å². The molecule has 1 aliphatic carbocycles. The second-order valence-electron chi connectivity index (χ2n) is 4.79. The summed E-state index contributed by atoms with van der Waals surface area (Å²) in [6, 6.07) is 3.64. The highest BCUT2D eigenvalue weighted by molar-refractivity contribution is 5.61. The molecule has 1 fully saturated rings. The van der Waals surface area contributed by atoms with E-state index in [0.717, 1.165) is 24.2 Å². The van der Waals surface area contributed by atoms with Crippen molar-refractivity contribution in [3.63, 3.8) is 0 Å². The molecule has 0 saturated heterocycles. The number of aromatic nitrogens is 3. The first-order valence-corrected chi connectivity index (χ1v) is 6.30. The third-order valence-corrected chi connectivity index (χ3v) is 3.35. The van der Waals surface area contributed by atoms with E-state index in [1.165, 1.54) is 0 Å². The van der Waals surface area contributed by atoms with Crippen molar-refractivity contribution in [2.24, 2.45) is 0 Å². The lowest BCUT2D eigenvalue weighted by molar-refractivity contribution is 0.398. The normalized spacial score (nSPS) is 14.4. The lowest BCUT2D eigenvalue weighted by atomic mass is 10.1. The summed E-state index contributed by atoms with van der Waals surface area (Å²) < 4.78 is 5.03. The lowest BCUT2D eigenvalue weighted by Crippen LogP contribution is -2.15. The van der Waals surface area contributed by atoms with E-state index in [-0.39, 0.29) is 5.56 Å². The van der Waals surface area contributed by atoms with E-state index in [9.17, 15) is 4.79 Å². The summed E-state index contributed by atoms with van der Waals surface area (Å²) in [5.74, 6) is 1.76. The van der Waals surface area contributed by atoms with Gasteiger partial charge in [0.15, 0.2) is 0 Å². The van der Waals surface area contributed by atoms with Crippen molar-refractivity contribution in [3.05, 3.63) is 40.1 Å². The van der Waals surface area contributed by atoms with Gasteiger partial charge < -0.3 is 9.72 Å². The van der Waals surface area contributed by atoms with E-state index in [4.69, 9.17) is 4.74 Å². The Hall–Kier alpha value is -2.17. The van der Waals surface area contributed by atoms with Gasteiger partial charge in [-0.25, -0.2) is 9.97 Å². The number of hydrogen-bond donors (Lipinski definition) is 1. The number of ether oxygens (including phenoxy) is 1. The summed E-state index contributed by atoms with van der Waals surface area (Å²) >= 11 is 0. The van der Waals surface area contributed by atoms with Gasteiger partial charge in [-0.05, 0) is 25.8 Å². The fourth-order valence-corrected chi connectivity index (χ4v) is 2.02. The predicted octanol–water partition coefficient (Wildman–Crippen LogP) is 2.03. The monoisotopic (exact) mass is 257 g/mol. The maximum absolute atomic E-state index is 11.9. The van der Waals surface area contributed by atoms with Crippen LogP contribution in [-0.4, -0.2) is 22.1 Å². The molecule has 0 bridgehead atoms. The van der Waals surface area contributed by atoms with Gasteiger partial charge in [-0.1, -0.05) is 0 Å². The van der Waals surface area contributed by atoms with Gasteiger partial charge in [0, 0.05) is 29.3 Å². The number of rotatable bonds is 3. The summed E-state index contributed by atoms with van der Waals surface area (Å²) in [5.41, 5.74) is 2.10. The number of H-pyrrole nitrogens is 1. The van der Waals surface area contributed by atoms with Gasteiger partial charge in [-0.3, -0.25) is 4.79 Å². The minimum absolute atomic E-state index is 0.0669. The SMILES string of the molecule is COc1ccc(-c2nc(C3CC3)[nH]c(=O)c2C)cn1.